The molecule has 4 aliphatic carbocycles. The summed E-state index contributed by atoms with van der Waals surface area (Å²) in [6.45, 7) is 3.51. The van der Waals surface area contributed by atoms with Crippen molar-refractivity contribution in [3.63, 3.8) is 0 Å². The maximum Gasteiger partial charge on any atom is 0.303 e. The normalized spacial score (nSPS) is 34.0. The number of ether oxygens (including phenoxy) is 2. The number of carbonyl (C=O) groups excluding carboxylic acids is 2. The smallest absolute Gasteiger partial charge is 0.303 e. The first-order chi connectivity index (χ1) is 18.1. The lowest BCUT2D eigenvalue weighted by Crippen LogP contribution is -2.58. The first-order valence-electron chi connectivity index (χ1n) is 13.9. The topological polar surface area (TPSA) is 85.3 Å². The van der Waals surface area contributed by atoms with E-state index in [1.54, 1.807) is 0 Å². The van der Waals surface area contributed by atoms with E-state index in [0.717, 1.165) is 37.8 Å². The predicted octanol–water partition coefficient (Wildman–Crippen LogP) is 5.74. The summed E-state index contributed by atoms with van der Waals surface area (Å²) >= 11 is 0. The van der Waals surface area contributed by atoms with Gasteiger partial charge in [-0.3, -0.25) is 9.59 Å². The van der Waals surface area contributed by atoms with Gasteiger partial charge in [0.25, 0.3) is 0 Å². The van der Waals surface area contributed by atoms with Crippen LogP contribution in [0.2, 0.25) is 0 Å². The molecule has 4 aliphatic rings. The van der Waals surface area contributed by atoms with Crippen molar-refractivity contribution >= 4 is 17.4 Å². The summed E-state index contributed by atoms with van der Waals surface area (Å²) in [4.78, 5) is 39.6. The minimum atomic E-state index is -1.19. The molecule has 0 aromatic heterocycles. The van der Waals surface area contributed by atoms with Crippen molar-refractivity contribution in [1.82, 2.24) is 0 Å². The van der Waals surface area contributed by atoms with Gasteiger partial charge in [-0.1, -0.05) is 35.9 Å². The average Bonchev–Trinajstić information content (AvgIpc) is 3.20. The molecule has 0 heterocycles. The van der Waals surface area contributed by atoms with Gasteiger partial charge in [-0.15, -0.1) is 0 Å². The second-order valence-corrected chi connectivity index (χ2v) is 12.1. The van der Waals surface area contributed by atoms with E-state index in [9.17, 15) is 14.5 Å². The second kappa shape index (κ2) is 10.1. The molecule has 0 aliphatic heterocycles. The fraction of sp³-hybridized carbons (Fsp3) is 0.613. The van der Waals surface area contributed by atoms with Crippen LogP contribution in [0.1, 0.15) is 70.3 Å². The van der Waals surface area contributed by atoms with E-state index in [1.807, 2.05) is 14.1 Å². The highest BCUT2D eigenvalue weighted by Gasteiger charge is 2.68. The highest BCUT2D eigenvalue weighted by atomic mass is 16.6. The molecule has 6 atom stereocenters. The zero-order valence-electron chi connectivity index (χ0n) is 23.3. The van der Waals surface area contributed by atoms with Gasteiger partial charge < -0.3 is 14.4 Å². The van der Waals surface area contributed by atoms with Crippen LogP contribution in [-0.4, -0.2) is 51.2 Å². The lowest BCUT2D eigenvalue weighted by Gasteiger charge is -2.54. The third-order valence-corrected chi connectivity index (χ3v) is 9.98. The monoisotopic (exact) mass is 520 g/mol. The summed E-state index contributed by atoms with van der Waals surface area (Å²) in [5.41, 5.74) is 4.80. The maximum absolute atomic E-state index is 13.7. The number of allylic oxidation sites excluding steroid dienone is 3. The van der Waals surface area contributed by atoms with Crippen molar-refractivity contribution in [2.75, 3.05) is 32.7 Å². The van der Waals surface area contributed by atoms with Gasteiger partial charge in [-0.05, 0) is 85.6 Å². The predicted molar refractivity (Wildman–Crippen MR) is 147 cm³/mol. The van der Waals surface area contributed by atoms with Gasteiger partial charge in [0.1, 0.15) is 6.61 Å². The minimum absolute atomic E-state index is 0.0689. The highest BCUT2D eigenvalue weighted by molar-refractivity contribution is 5.92. The Morgan fingerprint density at radius 2 is 1.89 bits per heavy atom. The van der Waals surface area contributed by atoms with Gasteiger partial charge in [0.2, 0.25) is 5.78 Å². The molecule has 204 valence electrons. The molecule has 4 unspecified atom stereocenters. The highest BCUT2D eigenvalue weighted by Crippen LogP contribution is 2.67. The van der Waals surface area contributed by atoms with Crippen LogP contribution in [0.15, 0.2) is 52.2 Å². The van der Waals surface area contributed by atoms with Crippen LogP contribution >= 0.6 is 0 Å². The molecule has 0 radical (unpaired) electrons. The van der Waals surface area contributed by atoms with Crippen molar-refractivity contribution in [2.45, 2.75) is 76.4 Å². The first kappa shape index (κ1) is 26.8. The van der Waals surface area contributed by atoms with Crippen LogP contribution in [0.25, 0.3) is 0 Å². The number of anilines is 1. The molecule has 0 saturated heterocycles. The Hall–Kier alpha value is -2.80. The van der Waals surface area contributed by atoms with Crippen LogP contribution in [0.3, 0.4) is 0 Å². The fourth-order valence-corrected chi connectivity index (χ4v) is 8.28. The Labute approximate surface area is 225 Å². The van der Waals surface area contributed by atoms with Crippen LogP contribution in [0, 0.1) is 22.2 Å². The Kier molecular flexibility index (Phi) is 7.10. The number of methoxy groups -OCH3 is 1. The third kappa shape index (κ3) is 4.14. The number of hydrogen-bond donors (Lipinski definition) is 0. The molecule has 0 bridgehead atoms. The van der Waals surface area contributed by atoms with Gasteiger partial charge in [-0.2, -0.15) is 4.91 Å². The number of rotatable bonds is 7. The molecule has 3 saturated carbocycles. The SMILES string of the molecule is COCC(=O)[C@@]1(OC(C)=O)CCC2C3CC=C4CC(N=O)CCC4=C3C(c3ccc(N(C)C)cc3)C[C@@]21C. The Morgan fingerprint density at radius 3 is 2.53 bits per heavy atom. The molecule has 7 heteroatoms. The van der Waals surface area contributed by atoms with E-state index < -0.39 is 17.0 Å². The van der Waals surface area contributed by atoms with E-state index >= 15 is 0 Å². The van der Waals surface area contributed by atoms with Crippen molar-refractivity contribution in [3.8, 4) is 0 Å². The number of nitroso groups, excluding NO2 is 1. The molecule has 0 spiro atoms. The molecule has 0 N–H and O–H groups in total. The molecule has 5 rings (SSSR count). The van der Waals surface area contributed by atoms with E-state index in [2.05, 4.69) is 47.3 Å². The van der Waals surface area contributed by atoms with E-state index in [4.69, 9.17) is 9.47 Å². The zero-order chi connectivity index (χ0) is 27.2. The lowest BCUT2D eigenvalue weighted by molar-refractivity contribution is -0.185. The van der Waals surface area contributed by atoms with Crippen LogP contribution < -0.4 is 4.90 Å². The zero-order valence-corrected chi connectivity index (χ0v) is 23.3. The van der Waals surface area contributed by atoms with Crippen LogP contribution in [0.4, 0.5) is 5.69 Å². The first-order valence-corrected chi connectivity index (χ1v) is 13.9. The summed E-state index contributed by atoms with van der Waals surface area (Å²) in [7, 11) is 5.59. The number of esters is 1. The molecule has 7 nitrogen and oxygen atoms in total. The number of nitrogens with zero attached hydrogens (tertiary/aromatic N) is 2. The van der Waals surface area contributed by atoms with Crippen molar-refractivity contribution in [3.05, 3.63) is 57.5 Å². The average molecular weight is 521 g/mol. The molecular formula is C31H40N2O5. The second-order valence-electron chi connectivity index (χ2n) is 12.1. The Bertz CT molecular complexity index is 1190. The Morgan fingerprint density at radius 1 is 1.16 bits per heavy atom. The van der Waals surface area contributed by atoms with Crippen LogP contribution in [0.5, 0.6) is 0 Å². The summed E-state index contributed by atoms with van der Waals surface area (Å²) in [6.07, 6.45) is 7.63. The molecule has 0 amide bonds. The van der Waals surface area contributed by atoms with Crippen molar-refractivity contribution in [1.29, 1.82) is 0 Å². The van der Waals surface area contributed by atoms with E-state index in [-0.39, 0.29) is 36.2 Å². The summed E-state index contributed by atoms with van der Waals surface area (Å²) in [5.74, 6) is 0.0162. The lowest BCUT2D eigenvalue weighted by atomic mass is 9.51. The number of ketones is 1. The largest absolute Gasteiger partial charge is 0.451 e. The van der Waals surface area contributed by atoms with Gasteiger partial charge >= 0.3 is 5.97 Å². The fourth-order valence-electron chi connectivity index (χ4n) is 8.28. The standard InChI is InChI=1S/C31H40N2O5/c1-19(34)38-31(28(35)18-37-5)15-14-27-25-12-8-21-16-22(32-36)9-13-24(21)29(25)26(17-30(27,31)2)20-6-10-23(11-7-20)33(3)4/h6-8,10-11,22,25-27H,9,12-18H2,1-5H3/t22?,25?,26?,27?,30-,31-/m0/s1. The van der Waals surface area contributed by atoms with Gasteiger partial charge in [-0.25, -0.2) is 0 Å². The van der Waals surface area contributed by atoms with Crippen molar-refractivity contribution < 1.29 is 19.1 Å². The molecule has 1 aromatic rings. The van der Waals surface area contributed by atoms with Gasteiger partial charge in [0, 0.05) is 45.1 Å². The summed E-state index contributed by atoms with van der Waals surface area (Å²) in [5, 5.41) is 3.38. The summed E-state index contributed by atoms with van der Waals surface area (Å²) < 4.78 is 11.4. The number of fused-ring (bicyclic) bond motifs is 4. The van der Waals surface area contributed by atoms with Gasteiger partial charge in [0.15, 0.2) is 5.60 Å². The molecular weight excluding hydrogens is 480 g/mol. The Balaban J connectivity index is 1.65. The number of Topliss-reactive ketones (excluding diaryl/α,β-unsaturated/α-hetero) is 1. The number of benzene rings is 1. The molecule has 38 heavy (non-hydrogen) atoms. The molecule has 1 aromatic carbocycles. The minimum Gasteiger partial charge on any atom is -0.451 e. The van der Waals surface area contributed by atoms with E-state index in [1.165, 1.54) is 36.3 Å². The third-order valence-electron chi connectivity index (χ3n) is 9.98. The number of hydrogen-bond acceptors (Lipinski definition) is 7. The van der Waals surface area contributed by atoms with Crippen molar-refractivity contribution in [2.24, 2.45) is 22.4 Å². The van der Waals surface area contributed by atoms with E-state index in [0.29, 0.717) is 12.8 Å². The molecule has 3 fully saturated rings. The van der Waals surface area contributed by atoms with Gasteiger partial charge in [0.05, 0.1) is 6.04 Å². The summed E-state index contributed by atoms with van der Waals surface area (Å²) in [6, 6.07) is 8.58. The quantitative estimate of drug-likeness (QED) is 0.337. The maximum atomic E-state index is 13.7. The van der Waals surface area contributed by atoms with Crippen LogP contribution in [-0.2, 0) is 19.1 Å². The number of carbonyl (C=O) groups is 2.